The summed E-state index contributed by atoms with van der Waals surface area (Å²) >= 11 is 11.7. The van der Waals surface area contributed by atoms with Crippen molar-refractivity contribution in [1.29, 1.82) is 0 Å². The third kappa shape index (κ3) is 3.70. The van der Waals surface area contributed by atoms with Crippen LogP contribution in [0.15, 0.2) is 42.6 Å². The number of hydrogen-bond acceptors (Lipinski definition) is 2. The fourth-order valence-electron chi connectivity index (χ4n) is 3.20. The average molecular weight is 404 g/mol. The van der Waals surface area contributed by atoms with E-state index in [1.807, 2.05) is 24.4 Å². The van der Waals surface area contributed by atoms with E-state index in [-0.39, 0.29) is 15.6 Å². The predicted octanol–water partition coefficient (Wildman–Crippen LogP) is 5.58. The van der Waals surface area contributed by atoms with Gasteiger partial charge < -0.3 is 9.88 Å². The lowest BCUT2D eigenvalue weighted by molar-refractivity contribution is 0.102. The first kappa shape index (κ1) is 18.0. The van der Waals surface area contributed by atoms with Crippen molar-refractivity contribution >= 4 is 34.8 Å². The Morgan fingerprint density at radius 2 is 2.00 bits per heavy atom. The van der Waals surface area contributed by atoms with E-state index in [1.54, 1.807) is 6.07 Å². The van der Waals surface area contributed by atoms with Crippen molar-refractivity contribution in [3.8, 4) is 11.3 Å². The summed E-state index contributed by atoms with van der Waals surface area (Å²) in [6.45, 7) is 0.986. The number of rotatable bonds is 3. The molecule has 27 heavy (non-hydrogen) atoms. The Morgan fingerprint density at radius 3 is 2.81 bits per heavy atom. The first-order valence-electron chi connectivity index (χ1n) is 8.63. The number of halogens is 3. The number of carbonyl (C=O) groups excluding carboxylic acids is 1. The summed E-state index contributed by atoms with van der Waals surface area (Å²) in [4.78, 5) is 17.2. The Labute approximate surface area is 165 Å². The highest BCUT2D eigenvalue weighted by Crippen LogP contribution is 2.27. The van der Waals surface area contributed by atoms with Gasteiger partial charge in [-0.3, -0.25) is 4.79 Å². The van der Waals surface area contributed by atoms with Crippen molar-refractivity contribution in [2.45, 2.75) is 25.8 Å². The molecular weight excluding hydrogens is 388 g/mol. The summed E-state index contributed by atoms with van der Waals surface area (Å²) in [6.07, 6.45) is 5.35. The van der Waals surface area contributed by atoms with Crippen LogP contribution in [0.5, 0.6) is 0 Å². The number of imidazole rings is 1. The molecular formula is C20H16Cl2FN3O. The summed E-state index contributed by atoms with van der Waals surface area (Å²) in [5.74, 6) is -0.102. The summed E-state index contributed by atoms with van der Waals surface area (Å²) in [6, 6.07) is 9.64. The van der Waals surface area contributed by atoms with Crippen LogP contribution in [0, 0.1) is 5.82 Å². The van der Waals surface area contributed by atoms with Gasteiger partial charge in [-0.2, -0.15) is 0 Å². The highest BCUT2D eigenvalue weighted by Gasteiger charge is 2.16. The third-order valence-corrected chi connectivity index (χ3v) is 5.18. The van der Waals surface area contributed by atoms with E-state index in [4.69, 9.17) is 28.2 Å². The topological polar surface area (TPSA) is 46.9 Å². The van der Waals surface area contributed by atoms with Crippen molar-refractivity contribution in [1.82, 2.24) is 9.55 Å². The van der Waals surface area contributed by atoms with E-state index in [1.165, 1.54) is 6.07 Å². The Hall–Kier alpha value is -2.37. The molecule has 0 saturated heterocycles. The molecule has 1 aliphatic heterocycles. The van der Waals surface area contributed by atoms with Crippen LogP contribution in [0.25, 0.3) is 11.3 Å². The van der Waals surface area contributed by atoms with E-state index in [0.29, 0.717) is 5.69 Å². The van der Waals surface area contributed by atoms with Crippen LogP contribution in [0.4, 0.5) is 10.1 Å². The maximum atomic E-state index is 13.7. The van der Waals surface area contributed by atoms with Crippen LogP contribution in [0.3, 0.4) is 0 Å². The number of aryl methyl sites for hydroxylation is 2. The van der Waals surface area contributed by atoms with Crippen molar-refractivity contribution in [3.05, 3.63) is 69.8 Å². The fraction of sp³-hybridized carbons (Fsp3) is 0.200. The Kier molecular flexibility index (Phi) is 4.89. The van der Waals surface area contributed by atoms with Gasteiger partial charge in [-0.25, -0.2) is 9.37 Å². The third-order valence-electron chi connectivity index (χ3n) is 4.58. The summed E-state index contributed by atoms with van der Waals surface area (Å²) in [5.41, 5.74) is 2.39. The first-order valence-corrected chi connectivity index (χ1v) is 9.39. The minimum Gasteiger partial charge on any atom is -0.334 e. The van der Waals surface area contributed by atoms with Crippen molar-refractivity contribution in [2.24, 2.45) is 0 Å². The molecule has 1 N–H and O–H groups in total. The van der Waals surface area contributed by atoms with E-state index < -0.39 is 11.7 Å². The monoisotopic (exact) mass is 403 g/mol. The molecule has 4 rings (SSSR count). The molecule has 0 saturated carbocycles. The molecule has 138 valence electrons. The zero-order valence-electron chi connectivity index (χ0n) is 14.3. The Balaban J connectivity index is 1.59. The van der Waals surface area contributed by atoms with E-state index >= 15 is 0 Å². The number of amides is 1. The largest absolute Gasteiger partial charge is 0.334 e. The predicted molar refractivity (Wildman–Crippen MR) is 105 cm³/mol. The summed E-state index contributed by atoms with van der Waals surface area (Å²) < 4.78 is 15.9. The Morgan fingerprint density at radius 1 is 1.15 bits per heavy atom. The molecule has 7 heteroatoms. The fourth-order valence-corrected chi connectivity index (χ4v) is 3.67. The lowest BCUT2D eigenvalue weighted by atomic mass is 10.1. The van der Waals surface area contributed by atoms with Gasteiger partial charge in [0.05, 0.1) is 21.3 Å². The molecule has 2 heterocycles. The second-order valence-electron chi connectivity index (χ2n) is 6.47. The van der Waals surface area contributed by atoms with Crippen LogP contribution < -0.4 is 5.32 Å². The van der Waals surface area contributed by atoms with Gasteiger partial charge in [0.1, 0.15) is 11.6 Å². The van der Waals surface area contributed by atoms with Crippen LogP contribution in [0.2, 0.25) is 10.0 Å². The number of carbonyl (C=O) groups is 1. The lowest BCUT2D eigenvalue weighted by Gasteiger charge is -2.11. The standard InChI is InChI=1S/C20H16Cl2FN3O/c21-15-10-16(22)17(23)9-14(15)20(27)24-13-5-3-4-12(8-13)18-11-26-7-2-1-6-19(26)25-18/h3-5,8-11H,1-2,6-7H2,(H,24,27). The van der Waals surface area contributed by atoms with Crippen LogP contribution >= 0.6 is 23.2 Å². The second-order valence-corrected chi connectivity index (χ2v) is 7.29. The minimum atomic E-state index is -0.691. The number of nitrogens with one attached hydrogen (secondary N) is 1. The number of hydrogen-bond donors (Lipinski definition) is 1. The zero-order valence-corrected chi connectivity index (χ0v) is 15.8. The number of fused-ring (bicyclic) bond motifs is 1. The van der Waals surface area contributed by atoms with Gasteiger partial charge in [0.25, 0.3) is 5.91 Å². The molecule has 0 atom stereocenters. The average Bonchev–Trinajstić information content (AvgIpc) is 3.09. The second kappa shape index (κ2) is 7.33. The van der Waals surface area contributed by atoms with Gasteiger partial charge in [-0.1, -0.05) is 35.3 Å². The number of anilines is 1. The number of nitrogens with zero attached hydrogens (tertiary/aromatic N) is 2. The molecule has 0 spiro atoms. The van der Waals surface area contributed by atoms with Crippen molar-refractivity contribution in [3.63, 3.8) is 0 Å². The zero-order chi connectivity index (χ0) is 19.0. The molecule has 3 aromatic rings. The van der Waals surface area contributed by atoms with Gasteiger partial charge in [0.15, 0.2) is 0 Å². The van der Waals surface area contributed by atoms with Gasteiger partial charge in [-0.15, -0.1) is 0 Å². The van der Waals surface area contributed by atoms with E-state index in [0.717, 1.165) is 49.0 Å². The molecule has 1 amide bonds. The van der Waals surface area contributed by atoms with E-state index in [9.17, 15) is 9.18 Å². The van der Waals surface area contributed by atoms with Crippen molar-refractivity contribution in [2.75, 3.05) is 5.32 Å². The van der Waals surface area contributed by atoms with Crippen LogP contribution in [-0.2, 0) is 13.0 Å². The van der Waals surface area contributed by atoms with Crippen LogP contribution in [-0.4, -0.2) is 15.5 Å². The molecule has 4 nitrogen and oxygen atoms in total. The summed E-state index contributed by atoms with van der Waals surface area (Å²) in [7, 11) is 0. The number of aromatic nitrogens is 2. The van der Waals surface area contributed by atoms with E-state index in [2.05, 4.69) is 9.88 Å². The van der Waals surface area contributed by atoms with Crippen molar-refractivity contribution < 1.29 is 9.18 Å². The lowest BCUT2D eigenvalue weighted by Crippen LogP contribution is -2.13. The highest BCUT2D eigenvalue weighted by atomic mass is 35.5. The smallest absolute Gasteiger partial charge is 0.257 e. The maximum Gasteiger partial charge on any atom is 0.257 e. The van der Waals surface area contributed by atoms with Gasteiger partial charge in [0, 0.05) is 30.4 Å². The van der Waals surface area contributed by atoms with Gasteiger partial charge in [0.2, 0.25) is 0 Å². The molecule has 0 aliphatic carbocycles. The molecule has 1 aromatic heterocycles. The molecule has 2 aromatic carbocycles. The van der Waals surface area contributed by atoms with Crippen LogP contribution in [0.1, 0.15) is 29.0 Å². The quantitative estimate of drug-likeness (QED) is 0.579. The maximum absolute atomic E-state index is 13.7. The SMILES string of the molecule is O=C(Nc1cccc(-c2cn3c(n2)CCCC3)c1)c1cc(F)c(Cl)cc1Cl. The molecule has 0 radical (unpaired) electrons. The molecule has 1 aliphatic rings. The first-order chi connectivity index (χ1) is 13.0. The normalized spacial score (nSPS) is 13.3. The molecule has 0 fully saturated rings. The molecule has 0 bridgehead atoms. The Bertz CT molecular complexity index is 1010. The number of benzene rings is 2. The van der Waals surface area contributed by atoms with Gasteiger partial charge in [-0.05, 0) is 37.1 Å². The van der Waals surface area contributed by atoms with Gasteiger partial charge >= 0.3 is 0 Å². The summed E-state index contributed by atoms with van der Waals surface area (Å²) in [5, 5.41) is 2.72. The molecule has 0 unspecified atom stereocenters. The highest BCUT2D eigenvalue weighted by molar-refractivity contribution is 6.37. The minimum absolute atomic E-state index is 0.0291.